The second-order valence-corrected chi connectivity index (χ2v) is 4.37. The molecule has 2 aromatic rings. The first-order valence-corrected chi connectivity index (χ1v) is 5.81. The number of ether oxygens (including phenoxy) is 1. The topological polar surface area (TPSA) is 35.2 Å². The highest BCUT2D eigenvalue weighted by Crippen LogP contribution is 2.20. The summed E-state index contributed by atoms with van der Waals surface area (Å²) in [6.07, 6.45) is 0. The maximum atomic E-state index is 13.5. The van der Waals surface area contributed by atoms with Gasteiger partial charge in [-0.05, 0) is 29.1 Å². The summed E-state index contributed by atoms with van der Waals surface area (Å²) in [5.74, 6) is -0.0925. The SMILES string of the molecule is NCc1ccc(OCc2cccs2)c(F)c1. The normalized spacial score (nSPS) is 10.4. The summed E-state index contributed by atoms with van der Waals surface area (Å²) >= 11 is 1.59. The van der Waals surface area contributed by atoms with Crippen molar-refractivity contribution in [2.45, 2.75) is 13.2 Å². The van der Waals surface area contributed by atoms with Gasteiger partial charge in [-0.1, -0.05) is 12.1 Å². The molecule has 0 saturated heterocycles. The Morgan fingerprint density at radius 3 is 2.81 bits per heavy atom. The average Bonchev–Trinajstić information content (AvgIpc) is 2.80. The molecule has 2 rings (SSSR count). The first kappa shape index (κ1) is 11.1. The number of rotatable bonds is 4. The number of benzene rings is 1. The molecule has 0 aliphatic rings. The number of hydrogen-bond acceptors (Lipinski definition) is 3. The van der Waals surface area contributed by atoms with E-state index >= 15 is 0 Å². The van der Waals surface area contributed by atoms with Crippen LogP contribution in [0.1, 0.15) is 10.4 Å². The van der Waals surface area contributed by atoms with Crippen LogP contribution < -0.4 is 10.5 Å². The van der Waals surface area contributed by atoms with Crippen LogP contribution in [0.25, 0.3) is 0 Å². The highest BCUT2D eigenvalue weighted by atomic mass is 32.1. The van der Waals surface area contributed by atoms with Gasteiger partial charge < -0.3 is 10.5 Å². The second-order valence-electron chi connectivity index (χ2n) is 3.34. The van der Waals surface area contributed by atoms with E-state index in [1.807, 2.05) is 17.5 Å². The molecule has 0 unspecified atom stereocenters. The first-order chi connectivity index (χ1) is 7.79. The van der Waals surface area contributed by atoms with E-state index in [4.69, 9.17) is 10.5 Å². The van der Waals surface area contributed by atoms with Gasteiger partial charge in [-0.15, -0.1) is 11.3 Å². The number of nitrogens with two attached hydrogens (primary N) is 1. The molecule has 1 aromatic carbocycles. The molecule has 0 bridgehead atoms. The molecule has 16 heavy (non-hydrogen) atoms. The van der Waals surface area contributed by atoms with Gasteiger partial charge in [-0.2, -0.15) is 0 Å². The Balaban J connectivity index is 2.04. The lowest BCUT2D eigenvalue weighted by Crippen LogP contribution is -1.99. The van der Waals surface area contributed by atoms with Crippen molar-refractivity contribution in [2.75, 3.05) is 0 Å². The minimum absolute atomic E-state index is 0.269. The van der Waals surface area contributed by atoms with E-state index in [1.54, 1.807) is 23.5 Å². The number of thiophene rings is 1. The maximum absolute atomic E-state index is 13.5. The molecule has 4 heteroatoms. The Morgan fingerprint density at radius 1 is 1.31 bits per heavy atom. The fraction of sp³-hybridized carbons (Fsp3) is 0.167. The van der Waals surface area contributed by atoms with Gasteiger partial charge in [-0.3, -0.25) is 0 Å². The van der Waals surface area contributed by atoms with Crippen LogP contribution in [0, 0.1) is 5.82 Å². The average molecular weight is 237 g/mol. The van der Waals surface area contributed by atoms with E-state index in [9.17, 15) is 4.39 Å². The van der Waals surface area contributed by atoms with Crippen LogP contribution in [0.3, 0.4) is 0 Å². The third-order valence-corrected chi connectivity index (χ3v) is 3.03. The maximum Gasteiger partial charge on any atom is 0.165 e. The number of hydrogen-bond donors (Lipinski definition) is 1. The van der Waals surface area contributed by atoms with E-state index in [2.05, 4.69) is 0 Å². The summed E-state index contributed by atoms with van der Waals surface area (Å²) in [5.41, 5.74) is 6.18. The molecule has 84 valence electrons. The summed E-state index contributed by atoms with van der Waals surface area (Å²) in [6, 6.07) is 8.69. The zero-order chi connectivity index (χ0) is 11.4. The van der Waals surface area contributed by atoms with Gasteiger partial charge in [0.2, 0.25) is 0 Å². The Hall–Kier alpha value is -1.39. The minimum Gasteiger partial charge on any atom is -0.485 e. The number of halogens is 1. The Kier molecular flexibility index (Phi) is 3.54. The Morgan fingerprint density at radius 2 is 2.19 bits per heavy atom. The molecular formula is C12H12FNOS. The zero-order valence-electron chi connectivity index (χ0n) is 8.65. The molecular weight excluding hydrogens is 225 g/mol. The van der Waals surface area contributed by atoms with E-state index in [0.29, 0.717) is 13.2 Å². The highest BCUT2D eigenvalue weighted by molar-refractivity contribution is 7.09. The third-order valence-electron chi connectivity index (χ3n) is 2.18. The van der Waals surface area contributed by atoms with E-state index in [1.165, 1.54) is 6.07 Å². The fourth-order valence-electron chi connectivity index (χ4n) is 1.33. The van der Waals surface area contributed by atoms with Crippen LogP contribution in [0.15, 0.2) is 35.7 Å². The molecule has 0 aliphatic heterocycles. The fourth-order valence-corrected chi connectivity index (χ4v) is 1.95. The molecule has 0 radical (unpaired) electrons. The van der Waals surface area contributed by atoms with Gasteiger partial charge in [0.05, 0.1) is 0 Å². The van der Waals surface area contributed by atoms with E-state index < -0.39 is 0 Å². The molecule has 0 fully saturated rings. The predicted octanol–water partition coefficient (Wildman–Crippen LogP) is 2.92. The van der Waals surface area contributed by atoms with Crippen LogP contribution in [-0.4, -0.2) is 0 Å². The van der Waals surface area contributed by atoms with Gasteiger partial charge in [0.15, 0.2) is 11.6 Å². The summed E-state index contributed by atoms with van der Waals surface area (Å²) in [5, 5.41) is 1.96. The lowest BCUT2D eigenvalue weighted by Gasteiger charge is -2.06. The van der Waals surface area contributed by atoms with Gasteiger partial charge in [0.1, 0.15) is 6.61 Å². The molecule has 1 heterocycles. The summed E-state index contributed by atoms with van der Waals surface area (Å²) in [4.78, 5) is 1.07. The Labute approximate surface area is 97.5 Å². The standard InChI is InChI=1S/C12H12FNOS/c13-11-6-9(7-14)3-4-12(11)15-8-10-2-1-5-16-10/h1-6H,7-8,14H2. The van der Waals surface area contributed by atoms with Crippen molar-refractivity contribution >= 4 is 11.3 Å². The van der Waals surface area contributed by atoms with Crippen molar-refractivity contribution in [3.8, 4) is 5.75 Å². The summed E-state index contributed by atoms with van der Waals surface area (Å²) < 4.78 is 18.9. The van der Waals surface area contributed by atoms with Crippen LogP contribution in [0.4, 0.5) is 4.39 Å². The van der Waals surface area contributed by atoms with Crippen LogP contribution >= 0.6 is 11.3 Å². The van der Waals surface area contributed by atoms with Crippen LogP contribution in [-0.2, 0) is 13.2 Å². The molecule has 0 spiro atoms. The summed E-state index contributed by atoms with van der Waals surface area (Å²) in [7, 11) is 0. The first-order valence-electron chi connectivity index (χ1n) is 4.93. The lowest BCUT2D eigenvalue weighted by atomic mass is 10.2. The van der Waals surface area contributed by atoms with Crippen LogP contribution in [0.2, 0.25) is 0 Å². The molecule has 1 aromatic heterocycles. The highest BCUT2D eigenvalue weighted by Gasteiger charge is 2.04. The largest absolute Gasteiger partial charge is 0.485 e. The Bertz CT molecular complexity index is 456. The third kappa shape index (κ3) is 2.59. The molecule has 0 atom stereocenters. The molecule has 2 N–H and O–H groups in total. The minimum atomic E-state index is -0.362. The molecule has 0 amide bonds. The van der Waals surface area contributed by atoms with Crippen molar-refractivity contribution in [3.05, 3.63) is 52.0 Å². The van der Waals surface area contributed by atoms with E-state index in [0.717, 1.165) is 10.4 Å². The summed E-state index contributed by atoms with van der Waals surface area (Å²) in [6.45, 7) is 0.735. The second kappa shape index (κ2) is 5.09. The van der Waals surface area contributed by atoms with Gasteiger partial charge in [0, 0.05) is 11.4 Å². The smallest absolute Gasteiger partial charge is 0.165 e. The van der Waals surface area contributed by atoms with Gasteiger partial charge in [-0.25, -0.2) is 4.39 Å². The monoisotopic (exact) mass is 237 g/mol. The zero-order valence-corrected chi connectivity index (χ0v) is 9.47. The quantitative estimate of drug-likeness (QED) is 0.887. The predicted molar refractivity (Wildman–Crippen MR) is 62.9 cm³/mol. The molecule has 0 saturated carbocycles. The van der Waals surface area contributed by atoms with Crippen molar-refractivity contribution < 1.29 is 9.13 Å². The lowest BCUT2D eigenvalue weighted by molar-refractivity contribution is 0.293. The molecule has 0 aliphatic carbocycles. The van der Waals surface area contributed by atoms with Crippen molar-refractivity contribution in [1.82, 2.24) is 0 Å². The van der Waals surface area contributed by atoms with Crippen LogP contribution in [0.5, 0.6) is 5.75 Å². The van der Waals surface area contributed by atoms with Gasteiger partial charge in [0.25, 0.3) is 0 Å². The molecule has 2 nitrogen and oxygen atoms in total. The van der Waals surface area contributed by atoms with Crippen molar-refractivity contribution in [1.29, 1.82) is 0 Å². The van der Waals surface area contributed by atoms with E-state index in [-0.39, 0.29) is 11.6 Å². The van der Waals surface area contributed by atoms with Crippen molar-refractivity contribution in [3.63, 3.8) is 0 Å². The van der Waals surface area contributed by atoms with Gasteiger partial charge >= 0.3 is 0 Å². The van der Waals surface area contributed by atoms with Crippen molar-refractivity contribution in [2.24, 2.45) is 5.73 Å².